The van der Waals surface area contributed by atoms with Gasteiger partial charge < -0.3 is 4.74 Å². The van der Waals surface area contributed by atoms with Gasteiger partial charge in [0.25, 0.3) is 10.0 Å². The smallest absolute Gasteiger partial charge is 0.252 e. The summed E-state index contributed by atoms with van der Waals surface area (Å²) < 4.78 is 34.2. The number of rotatable bonds is 7. The third-order valence-corrected chi connectivity index (χ3v) is 10.3. The summed E-state index contributed by atoms with van der Waals surface area (Å²) in [5.41, 5.74) is 1.62. The molecule has 8 nitrogen and oxygen atoms in total. The van der Waals surface area contributed by atoms with Crippen molar-refractivity contribution in [2.24, 2.45) is 5.92 Å². The monoisotopic (exact) mass is 528 g/mol. The van der Waals surface area contributed by atoms with Gasteiger partial charge in [0.15, 0.2) is 5.13 Å². The van der Waals surface area contributed by atoms with Crippen molar-refractivity contribution in [3.8, 4) is 5.75 Å². The molecule has 0 saturated carbocycles. The van der Waals surface area contributed by atoms with E-state index in [-0.39, 0.29) is 12.5 Å². The van der Waals surface area contributed by atoms with E-state index in [1.807, 2.05) is 30.3 Å². The second-order valence-corrected chi connectivity index (χ2v) is 12.4. The molecule has 0 N–H and O–H groups in total. The molecular formula is C24H24N4O4S3. The van der Waals surface area contributed by atoms with Gasteiger partial charge in [0.05, 0.1) is 29.8 Å². The van der Waals surface area contributed by atoms with Gasteiger partial charge in [-0.3, -0.25) is 14.7 Å². The number of hydrogen-bond donors (Lipinski definition) is 0. The number of amides is 1. The molecule has 4 heterocycles. The minimum absolute atomic E-state index is 0.133. The van der Waals surface area contributed by atoms with E-state index >= 15 is 0 Å². The maximum Gasteiger partial charge on any atom is 0.252 e. The van der Waals surface area contributed by atoms with Gasteiger partial charge in [-0.15, -0.1) is 11.3 Å². The van der Waals surface area contributed by atoms with E-state index in [2.05, 4.69) is 4.98 Å². The maximum atomic E-state index is 13.9. The van der Waals surface area contributed by atoms with E-state index in [9.17, 15) is 13.2 Å². The SMILES string of the molecule is COc1ccc2sc(N(Cc3cccnc3)C(=O)C3CCCN(S(=O)(=O)c4cccs4)C3)nc2c1. The number of benzene rings is 1. The van der Waals surface area contributed by atoms with Crippen LogP contribution in [0.25, 0.3) is 10.2 Å². The Labute approximate surface area is 211 Å². The Balaban J connectivity index is 1.46. The van der Waals surface area contributed by atoms with Crippen LogP contribution in [-0.2, 0) is 21.4 Å². The van der Waals surface area contributed by atoms with Crippen molar-refractivity contribution in [3.63, 3.8) is 0 Å². The second-order valence-electron chi connectivity index (χ2n) is 8.25. The van der Waals surface area contributed by atoms with E-state index in [4.69, 9.17) is 9.72 Å². The fourth-order valence-electron chi connectivity index (χ4n) is 4.17. The van der Waals surface area contributed by atoms with E-state index in [1.165, 1.54) is 27.0 Å². The van der Waals surface area contributed by atoms with Crippen LogP contribution in [0.3, 0.4) is 0 Å². The lowest BCUT2D eigenvalue weighted by Gasteiger charge is -2.33. The topological polar surface area (TPSA) is 92.7 Å². The van der Waals surface area contributed by atoms with Crippen molar-refractivity contribution < 1.29 is 17.9 Å². The van der Waals surface area contributed by atoms with Crippen molar-refractivity contribution in [3.05, 3.63) is 65.8 Å². The highest BCUT2D eigenvalue weighted by Crippen LogP contribution is 2.34. The summed E-state index contributed by atoms with van der Waals surface area (Å²) in [4.78, 5) is 24.5. The Morgan fingerprint density at radius 2 is 2.14 bits per heavy atom. The van der Waals surface area contributed by atoms with E-state index < -0.39 is 15.9 Å². The summed E-state index contributed by atoms with van der Waals surface area (Å²) in [7, 11) is -2.02. The van der Waals surface area contributed by atoms with Gasteiger partial charge in [-0.05, 0) is 48.1 Å². The number of aromatic nitrogens is 2. The zero-order valence-corrected chi connectivity index (χ0v) is 21.5. The molecule has 0 spiro atoms. The van der Waals surface area contributed by atoms with Crippen LogP contribution in [0.15, 0.2) is 64.4 Å². The molecule has 5 rings (SSSR count). The molecule has 4 aromatic rings. The fraction of sp³-hybridized carbons (Fsp3) is 0.292. The average Bonchev–Trinajstić information content (AvgIpc) is 3.58. The van der Waals surface area contributed by atoms with Crippen LogP contribution in [0, 0.1) is 5.92 Å². The van der Waals surface area contributed by atoms with Gasteiger partial charge >= 0.3 is 0 Å². The number of hydrogen-bond acceptors (Lipinski definition) is 8. The minimum atomic E-state index is -3.62. The van der Waals surface area contributed by atoms with Crippen LogP contribution in [0.5, 0.6) is 5.75 Å². The molecular weight excluding hydrogens is 504 g/mol. The Hall–Kier alpha value is -2.86. The molecule has 0 bridgehead atoms. The highest BCUT2D eigenvalue weighted by Gasteiger charge is 2.36. The first-order valence-corrected chi connectivity index (χ1v) is 14.3. The van der Waals surface area contributed by atoms with Gasteiger partial charge in [0, 0.05) is 31.5 Å². The highest BCUT2D eigenvalue weighted by molar-refractivity contribution is 7.91. The molecule has 1 aromatic carbocycles. The van der Waals surface area contributed by atoms with Gasteiger partial charge in [0.2, 0.25) is 5.91 Å². The summed E-state index contributed by atoms with van der Waals surface area (Å²) in [6, 6.07) is 12.7. The molecule has 1 unspecified atom stereocenters. The normalized spacial score (nSPS) is 16.9. The molecule has 0 radical (unpaired) electrons. The number of thiophene rings is 1. The molecule has 35 heavy (non-hydrogen) atoms. The summed E-state index contributed by atoms with van der Waals surface area (Å²) >= 11 is 2.62. The number of anilines is 1. The van der Waals surface area contributed by atoms with Gasteiger partial charge in [-0.25, -0.2) is 13.4 Å². The fourth-order valence-corrected chi connectivity index (χ4v) is 7.79. The zero-order valence-electron chi connectivity index (χ0n) is 19.0. The molecule has 1 fully saturated rings. The van der Waals surface area contributed by atoms with Crippen molar-refractivity contribution in [1.29, 1.82) is 0 Å². The summed E-state index contributed by atoms with van der Waals surface area (Å²) in [6.45, 7) is 0.868. The van der Waals surface area contributed by atoms with Crippen LogP contribution in [0.4, 0.5) is 5.13 Å². The van der Waals surface area contributed by atoms with Crippen molar-refractivity contribution in [1.82, 2.24) is 14.3 Å². The summed E-state index contributed by atoms with van der Waals surface area (Å²) in [5.74, 6) is 0.101. The molecule has 1 atom stereocenters. The van der Waals surface area contributed by atoms with E-state index in [0.717, 1.165) is 15.8 Å². The molecule has 11 heteroatoms. The maximum absolute atomic E-state index is 13.9. The first kappa shape index (κ1) is 23.9. The van der Waals surface area contributed by atoms with Crippen LogP contribution < -0.4 is 9.64 Å². The van der Waals surface area contributed by atoms with Crippen molar-refractivity contribution >= 4 is 54.0 Å². The van der Waals surface area contributed by atoms with Crippen LogP contribution in [0.2, 0.25) is 0 Å². The molecule has 0 aliphatic carbocycles. The number of pyridine rings is 1. The predicted octanol–water partition coefficient (Wildman–Crippen LogP) is 4.40. The third kappa shape index (κ3) is 4.94. The molecule has 1 saturated heterocycles. The Bertz CT molecular complexity index is 1420. The number of nitrogens with zero attached hydrogens (tertiary/aromatic N) is 4. The quantitative estimate of drug-likeness (QED) is 0.353. The van der Waals surface area contributed by atoms with Gasteiger partial charge in [-0.2, -0.15) is 4.31 Å². The molecule has 182 valence electrons. The second kappa shape index (κ2) is 10.0. The number of sulfonamides is 1. The summed E-state index contributed by atoms with van der Waals surface area (Å²) in [6.07, 6.45) is 4.66. The van der Waals surface area contributed by atoms with Gasteiger partial charge in [-0.1, -0.05) is 23.5 Å². The molecule has 1 aliphatic heterocycles. The number of fused-ring (bicyclic) bond motifs is 1. The molecule has 1 amide bonds. The number of carbonyl (C=O) groups is 1. The Morgan fingerprint density at radius 3 is 2.89 bits per heavy atom. The van der Waals surface area contributed by atoms with Crippen LogP contribution in [-0.4, -0.2) is 48.8 Å². The lowest BCUT2D eigenvalue weighted by Crippen LogP contribution is -2.46. The van der Waals surface area contributed by atoms with Crippen LogP contribution in [0.1, 0.15) is 18.4 Å². The summed E-state index contributed by atoms with van der Waals surface area (Å²) in [5, 5.41) is 2.32. The van der Waals surface area contributed by atoms with Crippen LogP contribution >= 0.6 is 22.7 Å². The number of thiazole rings is 1. The highest BCUT2D eigenvalue weighted by atomic mass is 32.2. The first-order chi connectivity index (χ1) is 17.0. The predicted molar refractivity (Wildman–Crippen MR) is 137 cm³/mol. The zero-order chi connectivity index (χ0) is 24.4. The lowest BCUT2D eigenvalue weighted by atomic mass is 9.98. The average molecular weight is 529 g/mol. The Kier molecular flexibility index (Phi) is 6.83. The van der Waals surface area contributed by atoms with E-state index in [0.29, 0.717) is 41.0 Å². The number of carbonyl (C=O) groups excluding carboxylic acids is 1. The minimum Gasteiger partial charge on any atom is -0.497 e. The molecule has 3 aromatic heterocycles. The first-order valence-electron chi connectivity index (χ1n) is 11.1. The van der Waals surface area contributed by atoms with Crippen molar-refractivity contribution in [2.45, 2.75) is 23.6 Å². The van der Waals surface area contributed by atoms with E-state index in [1.54, 1.807) is 41.9 Å². The van der Waals surface area contributed by atoms with Gasteiger partial charge in [0.1, 0.15) is 9.96 Å². The number of piperidine rings is 1. The Morgan fingerprint density at radius 1 is 1.26 bits per heavy atom. The van der Waals surface area contributed by atoms with Crippen molar-refractivity contribution in [2.75, 3.05) is 25.1 Å². The number of methoxy groups -OCH3 is 1. The largest absolute Gasteiger partial charge is 0.497 e. The lowest BCUT2D eigenvalue weighted by molar-refractivity contribution is -0.123. The molecule has 1 aliphatic rings. The number of ether oxygens (including phenoxy) is 1. The standard InChI is InChI=1S/C24H24N4O4S3/c1-32-19-8-9-21-20(13-19)26-24(34-21)28(15-17-5-2-10-25-14-17)23(29)18-6-3-11-27(16-18)35(30,31)22-7-4-12-33-22/h2,4-5,7-10,12-14,18H,3,6,11,15-16H2,1H3. The third-order valence-electron chi connectivity index (χ3n) is 5.97.